The summed E-state index contributed by atoms with van der Waals surface area (Å²) in [5, 5.41) is 5.53. The number of nitrogens with zero attached hydrogens (tertiary/aromatic N) is 2. The Balaban J connectivity index is 2.66. The van der Waals surface area contributed by atoms with Crippen molar-refractivity contribution in [2.75, 3.05) is 7.11 Å². The fourth-order valence-corrected chi connectivity index (χ4v) is 1.91. The lowest BCUT2D eigenvalue weighted by Crippen LogP contribution is -1.92. The minimum Gasteiger partial charge on any atom is -0.378 e. The molecule has 0 N–H and O–H groups in total. The number of hydrogen-bond acceptors (Lipinski definition) is 2. The SMILES string of the molecule is COCc1nn(C)c2ccc(Br)cc12. The molecule has 14 heavy (non-hydrogen) atoms. The molecule has 0 saturated heterocycles. The van der Waals surface area contributed by atoms with E-state index in [-0.39, 0.29) is 0 Å². The van der Waals surface area contributed by atoms with E-state index in [2.05, 4.69) is 27.1 Å². The Morgan fingerprint density at radius 3 is 3.00 bits per heavy atom. The molecule has 0 saturated carbocycles. The molecule has 0 bridgehead atoms. The van der Waals surface area contributed by atoms with Crippen LogP contribution >= 0.6 is 15.9 Å². The van der Waals surface area contributed by atoms with Crippen molar-refractivity contribution < 1.29 is 4.74 Å². The molecule has 0 aliphatic rings. The van der Waals surface area contributed by atoms with Crippen molar-refractivity contribution in [1.29, 1.82) is 0 Å². The van der Waals surface area contributed by atoms with Gasteiger partial charge in [-0.25, -0.2) is 0 Å². The van der Waals surface area contributed by atoms with E-state index in [1.165, 1.54) is 0 Å². The fourth-order valence-electron chi connectivity index (χ4n) is 1.55. The van der Waals surface area contributed by atoms with Crippen LogP contribution in [0.2, 0.25) is 0 Å². The van der Waals surface area contributed by atoms with E-state index < -0.39 is 0 Å². The van der Waals surface area contributed by atoms with Crippen LogP contribution in [-0.4, -0.2) is 16.9 Å². The van der Waals surface area contributed by atoms with Crippen molar-refractivity contribution >= 4 is 26.8 Å². The average Bonchev–Trinajstić information content (AvgIpc) is 2.44. The third kappa shape index (κ3) is 1.55. The lowest BCUT2D eigenvalue weighted by Gasteiger charge is -1.95. The lowest BCUT2D eigenvalue weighted by molar-refractivity contribution is 0.182. The molecule has 0 spiro atoms. The first-order valence-electron chi connectivity index (χ1n) is 4.32. The predicted molar refractivity (Wildman–Crippen MR) is 59.1 cm³/mol. The van der Waals surface area contributed by atoms with E-state index in [9.17, 15) is 0 Å². The number of methoxy groups -OCH3 is 1. The first-order valence-corrected chi connectivity index (χ1v) is 5.11. The minimum absolute atomic E-state index is 0.549. The Hall–Kier alpha value is -0.870. The molecule has 2 aromatic rings. The van der Waals surface area contributed by atoms with Crippen LogP contribution in [0.1, 0.15) is 5.69 Å². The number of aryl methyl sites for hydroxylation is 1. The highest BCUT2D eigenvalue weighted by Gasteiger charge is 2.07. The van der Waals surface area contributed by atoms with Gasteiger partial charge < -0.3 is 4.74 Å². The van der Waals surface area contributed by atoms with Gasteiger partial charge in [0.05, 0.1) is 17.8 Å². The molecule has 0 amide bonds. The Morgan fingerprint density at radius 1 is 1.50 bits per heavy atom. The second kappa shape index (κ2) is 3.71. The molecule has 1 aromatic heterocycles. The molecule has 1 aromatic carbocycles. The van der Waals surface area contributed by atoms with Gasteiger partial charge in [-0.1, -0.05) is 15.9 Å². The van der Waals surface area contributed by atoms with E-state index >= 15 is 0 Å². The van der Waals surface area contributed by atoms with Gasteiger partial charge in [0.1, 0.15) is 0 Å². The van der Waals surface area contributed by atoms with Crippen LogP contribution in [-0.2, 0) is 18.4 Å². The summed E-state index contributed by atoms with van der Waals surface area (Å²) in [4.78, 5) is 0. The first kappa shape index (κ1) is 9.68. The van der Waals surface area contributed by atoms with Gasteiger partial charge in [0, 0.05) is 24.0 Å². The van der Waals surface area contributed by atoms with E-state index in [1.807, 2.05) is 23.9 Å². The number of benzene rings is 1. The summed E-state index contributed by atoms with van der Waals surface area (Å²) in [6.07, 6.45) is 0. The number of aromatic nitrogens is 2. The summed E-state index contributed by atoms with van der Waals surface area (Å²) in [7, 11) is 3.62. The second-order valence-corrected chi connectivity index (χ2v) is 4.08. The van der Waals surface area contributed by atoms with E-state index in [4.69, 9.17) is 4.74 Å². The van der Waals surface area contributed by atoms with Gasteiger partial charge in [0.25, 0.3) is 0 Å². The summed E-state index contributed by atoms with van der Waals surface area (Å²) in [6.45, 7) is 0.549. The van der Waals surface area contributed by atoms with Crippen LogP contribution in [0.25, 0.3) is 10.9 Å². The molecule has 2 rings (SSSR count). The topological polar surface area (TPSA) is 27.1 Å². The zero-order chi connectivity index (χ0) is 10.1. The van der Waals surface area contributed by atoms with Gasteiger partial charge >= 0.3 is 0 Å². The molecule has 74 valence electrons. The van der Waals surface area contributed by atoms with Crippen LogP contribution in [0.3, 0.4) is 0 Å². The maximum absolute atomic E-state index is 5.10. The summed E-state index contributed by atoms with van der Waals surface area (Å²) in [6, 6.07) is 6.13. The van der Waals surface area contributed by atoms with Crippen LogP contribution in [0.15, 0.2) is 22.7 Å². The van der Waals surface area contributed by atoms with Crippen LogP contribution < -0.4 is 0 Å². The number of hydrogen-bond donors (Lipinski definition) is 0. The molecular weight excluding hydrogens is 244 g/mol. The van der Waals surface area contributed by atoms with Crippen molar-refractivity contribution in [2.45, 2.75) is 6.61 Å². The molecule has 1 heterocycles. The smallest absolute Gasteiger partial charge is 0.0960 e. The van der Waals surface area contributed by atoms with Gasteiger partial charge in [-0.2, -0.15) is 5.10 Å². The van der Waals surface area contributed by atoms with Crippen LogP contribution in [0, 0.1) is 0 Å². The van der Waals surface area contributed by atoms with Crippen LogP contribution in [0.5, 0.6) is 0 Å². The van der Waals surface area contributed by atoms with Crippen molar-refractivity contribution in [3.05, 3.63) is 28.4 Å². The quantitative estimate of drug-likeness (QED) is 0.824. The van der Waals surface area contributed by atoms with Gasteiger partial charge in [-0.05, 0) is 18.2 Å². The lowest BCUT2D eigenvalue weighted by atomic mass is 10.2. The van der Waals surface area contributed by atoms with Gasteiger partial charge in [0.2, 0.25) is 0 Å². The van der Waals surface area contributed by atoms with Crippen LogP contribution in [0.4, 0.5) is 0 Å². The maximum atomic E-state index is 5.10. The highest BCUT2D eigenvalue weighted by Crippen LogP contribution is 2.22. The van der Waals surface area contributed by atoms with Crippen molar-refractivity contribution in [3.63, 3.8) is 0 Å². The molecule has 0 atom stereocenters. The monoisotopic (exact) mass is 254 g/mol. The first-order chi connectivity index (χ1) is 6.72. The zero-order valence-corrected chi connectivity index (χ0v) is 9.71. The van der Waals surface area contributed by atoms with Gasteiger partial charge in [-0.3, -0.25) is 4.68 Å². The molecule has 0 aliphatic carbocycles. The van der Waals surface area contributed by atoms with Gasteiger partial charge in [0.15, 0.2) is 0 Å². The maximum Gasteiger partial charge on any atom is 0.0960 e. The molecule has 4 heteroatoms. The summed E-state index contributed by atoms with van der Waals surface area (Å²) >= 11 is 3.45. The summed E-state index contributed by atoms with van der Waals surface area (Å²) in [5.74, 6) is 0. The molecular formula is C10H11BrN2O. The highest BCUT2D eigenvalue weighted by atomic mass is 79.9. The largest absolute Gasteiger partial charge is 0.378 e. The Bertz CT molecular complexity index is 464. The fraction of sp³-hybridized carbons (Fsp3) is 0.300. The van der Waals surface area contributed by atoms with E-state index in [0.29, 0.717) is 6.61 Å². The average molecular weight is 255 g/mol. The van der Waals surface area contributed by atoms with E-state index in [1.54, 1.807) is 7.11 Å². The molecule has 0 unspecified atom stereocenters. The van der Waals surface area contributed by atoms with E-state index in [0.717, 1.165) is 21.1 Å². The number of fused-ring (bicyclic) bond motifs is 1. The third-order valence-corrected chi connectivity index (χ3v) is 2.66. The molecule has 0 radical (unpaired) electrons. The molecule has 0 aliphatic heterocycles. The summed E-state index contributed by atoms with van der Waals surface area (Å²) < 4.78 is 8.03. The highest BCUT2D eigenvalue weighted by molar-refractivity contribution is 9.10. The number of ether oxygens (including phenoxy) is 1. The van der Waals surface area contributed by atoms with Crippen molar-refractivity contribution in [3.8, 4) is 0 Å². The standard InChI is InChI=1S/C10H11BrN2O/c1-13-10-4-3-7(11)5-8(10)9(12-13)6-14-2/h3-5H,6H2,1-2H3. The Labute approximate surface area is 90.8 Å². The minimum atomic E-state index is 0.549. The predicted octanol–water partition coefficient (Wildman–Crippen LogP) is 2.48. The Kier molecular flexibility index (Phi) is 2.56. The third-order valence-electron chi connectivity index (χ3n) is 2.17. The normalized spacial score (nSPS) is 11.1. The number of halogens is 1. The molecule has 0 fully saturated rings. The Morgan fingerprint density at radius 2 is 2.29 bits per heavy atom. The molecule has 3 nitrogen and oxygen atoms in total. The summed E-state index contributed by atoms with van der Waals surface area (Å²) in [5.41, 5.74) is 2.10. The van der Waals surface area contributed by atoms with Crippen molar-refractivity contribution in [2.24, 2.45) is 7.05 Å². The van der Waals surface area contributed by atoms with Gasteiger partial charge in [-0.15, -0.1) is 0 Å². The van der Waals surface area contributed by atoms with Crippen molar-refractivity contribution in [1.82, 2.24) is 9.78 Å². The second-order valence-electron chi connectivity index (χ2n) is 3.16. The number of rotatable bonds is 2. The zero-order valence-electron chi connectivity index (χ0n) is 8.12.